The fourth-order valence-corrected chi connectivity index (χ4v) is 6.18. The van der Waals surface area contributed by atoms with Crippen molar-refractivity contribution in [1.82, 2.24) is 24.7 Å². The molecule has 0 unspecified atom stereocenters. The summed E-state index contributed by atoms with van der Waals surface area (Å²) in [4.78, 5) is 9.28. The van der Waals surface area contributed by atoms with E-state index in [-0.39, 0.29) is 5.41 Å². The summed E-state index contributed by atoms with van der Waals surface area (Å²) in [6.07, 6.45) is 1.76. The van der Waals surface area contributed by atoms with Crippen molar-refractivity contribution in [1.29, 1.82) is 0 Å². The van der Waals surface area contributed by atoms with Crippen molar-refractivity contribution < 1.29 is 0 Å². The predicted molar refractivity (Wildman–Crippen MR) is 117 cm³/mol. The van der Waals surface area contributed by atoms with Crippen LogP contribution >= 0.6 is 39.0 Å². The van der Waals surface area contributed by atoms with Gasteiger partial charge in [0.1, 0.15) is 5.69 Å². The Labute approximate surface area is 180 Å². The Kier molecular flexibility index (Phi) is 5.35. The maximum Gasteiger partial charge on any atom is 0.203 e. The molecule has 3 heterocycles. The van der Waals surface area contributed by atoms with Crippen LogP contribution in [0.1, 0.15) is 26.5 Å². The number of pyridine rings is 1. The fourth-order valence-electron chi connectivity index (χ4n) is 2.67. The zero-order valence-corrected chi connectivity index (χ0v) is 18.8. The van der Waals surface area contributed by atoms with Gasteiger partial charge in [0.2, 0.25) is 5.16 Å². The highest BCUT2D eigenvalue weighted by Crippen LogP contribution is 2.40. The molecule has 0 bridgehead atoms. The van der Waals surface area contributed by atoms with E-state index in [1.54, 1.807) is 17.5 Å². The summed E-state index contributed by atoms with van der Waals surface area (Å²) in [5, 5.41) is 9.64. The first-order valence-electron chi connectivity index (χ1n) is 8.70. The first-order valence-corrected chi connectivity index (χ1v) is 11.1. The highest BCUT2D eigenvalue weighted by molar-refractivity contribution is 9.11. The minimum Gasteiger partial charge on any atom is -0.268 e. The lowest BCUT2D eigenvalue weighted by Crippen LogP contribution is -2.12. The molecule has 0 N–H and O–H groups in total. The summed E-state index contributed by atoms with van der Waals surface area (Å²) in [6, 6.07) is 15.9. The molecule has 0 amide bonds. The van der Waals surface area contributed by atoms with Crippen molar-refractivity contribution in [2.24, 2.45) is 0 Å². The van der Waals surface area contributed by atoms with Crippen LogP contribution in [0.4, 0.5) is 0 Å². The van der Waals surface area contributed by atoms with Crippen LogP contribution in [-0.2, 0) is 5.41 Å². The summed E-state index contributed by atoms with van der Waals surface area (Å²) in [7, 11) is 0. The molecule has 1 aromatic carbocycles. The lowest BCUT2D eigenvalue weighted by atomic mass is 9.93. The molecule has 0 atom stereocenters. The molecule has 28 heavy (non-hydrogen) atoms. The third-order valence-electron chi connectivity index (χ3n) is 4.00. The van der Waals surface area contributed by atoms with Crippen molar-refractivity contribution in [3.8, 4) is 17.2 Å². The number of rotatable bonds is 4. The molecular weight excluding hydrogens is 454 g/mol. The molecule has 3 aromatic heterocycles. The predicted octanol–water partition coefficient (Wildman–Crippen LogP) is 6.00. The molecule has 0 radical (unpaired) electrons. The number of nitrogens with zero attached hydrogens (tertiary/aromatic N) is 5. The summed E-state index contributed by atoms with van der Waals surface area (Å²) in [5.41, 5.74) is 2.79. The molecule has 0 spiro atoms. The van der Waals surface area contributed by atoms with Crippen molar-refractivity contribution in [3.05, 3.63) is 64.2 Å². The Hall–Kier alpha value is -2.03. The number of para-hydroxylation sites is 1. The largest absolute Gasteiger partial charge is 0.268 e. The molecule has 0 aliphatic heterocycles. The van der Waals surface area contributed by atoms with Crippen molar-refractivity contribution in [2.45, 2.75) is 35.7 Å². The monoisotopic (exact) mass is 471 g/mol. The Morgan fingerprint density at radius 1 is 1.00 bits per heavy atom. The van der Waals surface area contributed by atoms with E-state index in [4.69, 9.17) is 4.98 Å². The number of hydrogen-bond donors (Lipinski definition) is 0. The van der Waals surface area contributed by atoms with Crippen molar-refractivity contribution >= 4 is 39.0 Å². The number of hydrogen-bond acceptors (Lipinski definition) is 6. The topological polar surface area (TPSA) is 56.5 Å². The van der Waals surface area contributed by atoms with Crippen LogP contribution in [-0.4, -0.2) is 24.7 Å². The minimum absolute atomic E-state index is 0.0274. The lowest BCUT2D eigenvalue weighted by Gasteiger charge is -2.15. The standard InChI is InChI=1S/C20H18BrN5S2/c1-20(2,3)15-16(21)27-19(23-15)28-18-25-24-17(14-11-7-8-12-22-14)26(18)13-9-5-4-6-10-13/h4-12H,1-3H3. The van der Waals surface area contributed by atoms with E-state index in [9.17, 15) is 0 Å². The van der Waals surface area contributed by atoms with Gasteiger partial charge in [-0.1, -0.05) is 56.4 Å². The van der Waals surface area contributed by atoms with Crippen LogP contribution in [0.15, 0.2) is 68.0 Å². The molecule has 0 saturated carbocycles. The smallest absolute Gasteiger partial charge is 0.203 e. The zero-order valence-electron chi connectivity index (χ0n) is 15.6. The van der Waals surface area contributed by atoms with Gasteiger partial charge in [0, 0.05) is 17.3 Å². The summed E-state index contributed by atoms with van der Waals surface area (Å²) >= 11 is 6.79. The Bertz CT molecular complexity index is 1080. The van der Waals surface area contributed by atoms with Crippen LogP contribution in [0.2, 0.25) is 0 Å². The van der Waals surface area contributed by atoms with Crippen LogP contribution in [0.3, 0.4) is 0 Å². The maximum atomic E-state index is 4.83. The second-order valence-corrected chi connectivity index (χ2v) is 10.7. The van der Waals surface area contributed by atoms with Gasteiger partial charge in [-0.05, 0) is 52.0 Å². The molecular formula is C20H18BrN5S2. The van der Waals surface area contributed by atoms with E-state index in [1.165, 1.54) is 11.8 Å². The molecule has 8 heteroatoms. The van der Waals surface area contributed by atoms with Gasteiger partial charge in [-0.2, -0.15) is 0 Å². The van der Waals surface area contributed by atoms with Gasteiger partial charge in [-0.25, -0.2) is 4.98 Å². The molecule has 0 aliphatic carbocycles. The Balaban J connectivity index is 1.79. The van der Waals surface area contributed by atoms with E-state index in [1.807, 2.05) is 53.1 Å². The van der Waals surface area contributed by atoms with Crippen LogP contribution in [0.25, 0.3) is 17.2 Å². The number of thiazole rings is 1. The van der Waals surface area contributed by atoms with Gasteiger partial charge in [-0.3, -0.25) is 9.55 Å². The Morgan fingerprint density at radius 2 is 1.75 bits per heavy atom. The third-order valence-corrected chi connectivity index (χ3v) is 6.71. The average Bonchev–Trinajstić information content (AvgIpc) is 3.26. The molecule has 4 aromatic rings. The highest BCUT2D eigenvalue weighted by Gasteiger charge is 2.24. The Morgan fingerprint density at radius 3 is 2.39 bits per heavy atom. The second-order valence-electron chi connectivity index (χ2n) is 7.15. The van der Waals surface area contributed by atoms with Gasteiger partial charge >= 0.3 is 0 Å². The number of benzene rings is 1. The minimum atomic E-state index is -0.0274. The van der Waals surface area contributed by atoms with Crippen LogP contribution < -0.4 is 0 Å². The first kappa shape index (κ1) is 19.3. The van der Waals surface area contributed by atoms with E-state index < -0.39 is 0 Å². The fraction of sp³-hybridized carbons (Fsp3) is 0.200. The number of aromatic nitrogens is 5. The van der Waals surface area contributed by atoms with Gasteiger partial charge < -0.3 is 0 Å². The van der Waals surface area contributed by atoms with Gasteiger partial charge in [-0.15, -0.1) is 10.2 Å². The van der Waals surface area contributed by atoms with E-state index in [2.05, 4.69) is 51.9 Å². The molecule has 0 saturated heterocycles. The molecule has 0 fully saturated rings. The van der Waals surface area contributed by atoms with Gasteiger partial charge in [0.25, 0.3) is 0 Å². The van der Waals surface area contributed by atoms with Crippen molar-refractivity contribution in [2.75, 3.05) is 0 Å². The summed E-state index contributed by atoms with van der Waals surface area (Å²) in [5.74, 6) is 0.709. The van der Waals surface area contributed by atoms with Gasteiger partial charge in [0.15, 0.2) is 10.2 Å². The average molecular weight is 472 g/mol. The number of halogens is 1. The normalized spacial score (nSPS) is 11.7. The van der Waals surface area contributed by atoms with E-state index >= 15 is 0 Å². The second kappa shape index (κ2) is 7.77. The maximum absolute atomic E-state index is 4.83. The molecule has 142 valence electrons. The third kappa shape index (κ3) is 3.90. The lowest BCUT2D eigenvalue weighted by molar-refractivity contribution is 0.566. The quantitative estimate of drug-likeness (QED) is 0.365. The first-order chi connectivity index (χ1) is 13.4. The van der Waals surface area contributed by atoms with Crippen LogP contribution in [0.5, 0.6) is 0 Å². The summed E-state index contributed by atoms with van der Waals surface area (Å²) < 4.78 is 4.01. The molecule has 4 rings (SSSR count). The zero-order chi connectivity index (χ0) is 19.7. The van der Waals surface area contributed by atoms with Gasteiger partial charge in [0.05, 0.1) is 9.48 Å². The van der Waals surface area contributed by atoms with Crippen molar-refractivity contribution in [3.63, 3.8) is 0 Å². The highest BCUT2D eigenvalue weighted by atomic mass is 79.9. The summed E-state index contributed by atoms with van der Waals surface area (Å²) in [6.45, 7) is 6.48. The van der Waals surface area contributed by atoms with E-state index in [0.29, 0.717) is 5.82 Å². The SMILES string of the molecule is CC(C)(C)c1nc(Sc2nnc(-c3ccccn3)n2-c2ccccc2)sc1Br. The molecule has 5 nitrogen and oxygen atoms in total. The molecule has 0 aliphatic rings. The van der Waals surface area contributed by atoms with E-state index in [0.717, 1.165) is 30.4 Å². The van der Waals surface area contributed by atoms with Crippen LogP contribution in [0, 0.1) is 0 Å².